The van der Waals surface area contributed by atoms with Crippen LogP contribution in [0.2, 0.25) is 5.02 Å². The van der Waals surface area contributed by atoms with E-state index in [4.69, 9.17) is 16.3 Å². The van der Waals surface area contributed by atoms with E-state index in [2.05, 4.69) is 5.10 Å². The van der Waals surface area contributed by atoms with Crippen LogP contribution in [0.25, 0.3) is 5.69 Å². The van der Waals surface area contributed by atoms with E-state index in [1.807, 2.05) is 11.0 Å². The molecule has 0 bridgehead atoms. The molecule has 4 aromatic rings. The second-order valence-electron chi connectivity index (χ2n) is 9.25. The molecule has 1 aliphatic rings. The van der Waals surface area contributed by atoms with Crippen molar-refractivity contribution in [3.05, 3.63) is 117 Å². The third-order valence-corrected chi connectivity index (χ3v) is 8.53. The van der Waals surface area contributed by atoms with Crippen molar-refractivity contribution in [1.82, 2.24) is 14.1 Å². The number of halogens is 3. The molecular formula is C28H25ClF2N4O4S. The highest BCUT2D eigenvalue weighted by Crippen LogP contribution is 2.28. The van der Waals surface area contributed by atoms with Gasteiger partial charge >= 0.3 is 5.56 Å². The molecule has 0 unspecified atom stereocenters. The van der Waals surface area contributed by atoms with Gasteiger partial charge in [-0.25, -0.2) is 17.2 Å². The quantitative estimate of drug-likeness (QED) is 0.304. The van der Waals surface area contributed by atoms with Crippen LogP contribution < -0.4 is 15.2 Å². The standard InChI is InChI=1S/C28H25ClF2N4O4S/c29-22-8-4-7-21(13-22)18-39-27-26(17-32-35(28(27)36)25-15-23(30)14-24(31)16-25)33-9-11-34(12-10-33)40(37,38)19-20-5-2-1-3-6-20/h1-8,13-17H,9-12,18-19H2. The van der Waals surface area contributed by atoms with Crippen molar-refractivity contribution < 1.29 is 21.9 Å². The SMILES string of the molecule is O=c1c(OCc2cccc(Cl)c2)c(N2CCN(S(=O)(=O)Cc3ccccc3)CC2)cnn1-c1cc(F)cc(F)c1. The monoisotopic (exact) mass is 586 g/mol. The number of rotatable bonds is 8. The highest BCUT2D eigenvalue weighted by molar-refractivity contribution is 7.88. The van der Waals surface area contributed by atoms with Crippen molar-refractivity contribution in [2.45, 2.75) is 12.4 Å². The Bertz CT molecular complexity index is 1660. The molecule has 2 heterocycles. The number of piperazine rings is 1. The molecule has 1 aliphatic heterocycles. The maximum Gasteiger partial charge on any atom is 0.316 e. The lowest BCUT2D eigenvalue weighted by Crippen LogP contribution is -2.49. The van der Waals surface area contributed by atoms with Crippen molar-refractivity contribution in [3.63, 3.8) is 0 Å². The van der Waals surface area contributed by atoms with Crippen LogP contribution in [-0.4, -0.2) is 48.7 Å². The molecule has 8 nitrogen and oxygen atoms in total. The number of aromatic nitrogens is 2. The Hall–Kier alpha value is -3.80. The van der Waals surface area contributed by atoms with Gasteiger partial charge in [-0.3, -0.25) is 4.79 Å². The Kier molecular flexibility index (Phi) is 8.15. The minimum atomic E-state index is -3.55. The molecule has 5 rings (SSSR count). The van der Waals surface area contributed by atoms with Crippen molar-refractivity contribution >= 4 is 27.3 Å². The molecule has 0 spiro atoms. The predicted octanol–water partition coefficient (Wildman–Crippen LogP) is 4.40. The van der Waals surface area contributed by atoms with Gasteiger partial charge < -0.3 is 9.64 Å². The van der Waals surface area contributed by atoms with Gasteiger partial charge in [0.05, 0.1) is 17.6 Å². The largest absolute Gasteiger partial charge is 0.481 e. The van der Waals surface area contributed by atoms with Crippen LogP contribution in [0, 0.1) is 11.6 Å². The van der Waals surface area contributed by atoms with Gasteiger partial charge in [-0.1, -0.05) is 54.1 Å². The van der Waals surface area contributed by atoms with Gasteiger partial charge in [0.15, 0.2) is 0 Å². The van der Waals surface area contributed by atoms with Crippen LogP contribution >= 0.6 is 11.6 Å². The van der Waals surface area contributed by atoms with Crippen LogP contribution in [0.5, 0.6) is 5.75 Å². The smallest absolute Gasteiger partial charge is 0.316 e. The summed E-state index contributed by atoms with van der Waals surface area (Å²) in [7, 11) is -3.55. The van der Waals surface area contributed by atoms with E-state index >= 15 is 0 Å². The zero-order valence-electron chi connectivity index (χ0n) is 21.2. The molecule has 0 N–H and O–H groups in total. The number of hydrogen-bond acceptors (Lipinski definition) is 6. The van der Waals surface area contributed by atoms with Gasteiger partial charge in [-0.15, -0.1) is 0 Å². The summed E-state index contributed by atoms with van der Waals surface area (Å²) < 4.78 is 62.1. The van der Waals surface area contributed by atoms with Crippen molar-refractivity contribution in [3.8, 4) is 11.4 Å². The summed E-state index contributed by atoms with van der Waals surface area (Å²) in [5.74, 6) is -1.91. The summed E-state index contributed by atoms with van der Waals surface area (Å²) in [6.07, 6.45) is 1.38. The molecule has 12 heteroatoms. The Labute approximate surface area is 235 Å². The number of hydrogen-bond donors (Lipinski definition) is 0. The van der Waals surface area contributed by atoms with E-state index in [9.17, 15) is 22.0 Å². The second kappa shape index (κ2) is 11.7. The number of nitrogens with zero attached hydrogens (tertiary/aromatic N) is 4. The first-order valence-corrected chi connectivity index (χ1v) is 14.4. The minimum Gasteiger partial charge on any atom is -0.481 e. The maximum absolute atomic E-state index is 13.9. The topological polar surface area (TPSA) is 84.7 Å². The lowest BCUT2D eigenvalue weighted by Gasteiger charge is -2.35. The van der Waals surface area contributed by atoms with Crippen LogP contribution in [0.15, 0.2) is 83.8 Å². The summed E-state index contributed by atoms with van der Waals surface area (Å²) >= 11 is 6.08. The third-order valence-electron chi connectivity index (χ3n) is 6.44. The zero-order valence-corrected chi connectivity index (χ0v) is 22.8. The van der Waals surface area contributed by atoms with Crippen molar-refractivity contribution in [2.24, 2.45) is 0 Å². The minimum absolute atomic E-state index is 0.00422. The number of sulfonamides is 1. The summed E-state index contributed by atoms with van der Waals surface area (Å²) in [6, 6.07) is 18.6. The van der Waals surface area contributed by atoms with Crippen LogP contribution in [-0.2, 0) is 22.4 Å². The molecule has 1 aromatic heterocycles. The fraction of sp³-hybridized carbons (Fsp3) is 0.214. The molecule has 0 aliphatic carbocycles. The highest BCUT2D eigenvalue weighted by Gasteiger charge is 2.29. The Morgan fingerprint density at radius 2 is 1.55 bits per heavy atom. The van der Waals surface area contributed by atoms with Gasteiger partial charge in [-0.05, 0) is 35.4 Å². The fourth-order valence-corrected chi connectivity index (χ4v) is 6.23. The molecule has 0 amide bonds. The zero-order chi connectivity index (χ0) is 28.3. The molecule has 40 heavy (non-hydrogen) atoms. The predicted molar refractivity (Wildman–Crippen MR) is 148 cm³/mol. The van der Waals surface area contributed by atoms with Gasteiger partial charge in [-0.2, -0.15) is 14.1 Å². The van der Waals surface area contributed by atoms with E-state index in [0.29, 0.717) is 27.9 Å². The fourth-order valence-electron chi connectivity index (χ4n) is 4.50. The van der Waals surface area contributed by atoms with E-state index in [1.54, 1.807) is 48.5 Å². The normalized spacial score (nSPS) is 14.3. The van der Waals surface area contributed by atoms with Crippen LogP contribution in [0.1, 0.15) is 11.1 Å². The van der Waals surface area contributed by atoms with Gasteiger partial charge in [0.2, 0.25) is 15.8 Å². The van der Waals surface area contributed by atoms with Crippen LogP contribution in [0.4, 0.5) is 14.5 Å². The van der Waals surface area contributed by atoms with Gasteiger partial charge in [0.25, 0.3) is 0 Å². The van der Waals surface area contributed by atoms with E-state index in [-0.39, 0.29) is 50.0 Å². The first kappa shape index (κ1) is 27.8. The van der Waals surface area contributed by atoms with E-state index in [0.717, 1.165) is 16.8 Å². The average Bonchev–Trinajstić information content (AvgIpc) is 2.92. The Morgan fingerprint density at radius 1 is 0.875 bits per heavy atom. The number of anilines is 1. The Balaban J connectivity index is 1.42. The number of benzene rings is 3. The lowest BCUT2D eigenvalue weighted by molar-refractivity contribution is 0.297. The Morgan fingerprint density at radius 3 is 2.23 bits per heavy atom. The molecule has 208 valence electrons. The highest BCUT2D eigenvalue weighted by atomic mass is 35.5. The maximum atomic E-state index is 13.9. The van der Waals surface area contributed by atoms with Gasteiger partial charge in [0, 0.05) is 37.3 Å². The molecule has 0 saturated carbocycles. The summed E-state index contributed by atoms with van der Waals surface area (Å²) in [6.45, 7) is 0.945. The average molecular weight is 587 g/mol. The second-order valence-corrected chi connectivity index (χ2v) is 11.7. The molecule has 1 saturated heterocycles. The summed E-state index contributed by atoms with van der Waals surface area (Å²) in [5, 5.41) is 4.65. The number of ether oxygens (including phenoxy) is 1. The molecular weight excluding hydrogens is 562 g/mol. The van der Waals surface area contributed by atoms with E-state index < -0.39 is 27.2 Å². The lowest BCUT2D eigenvalue weighted by atomic mass is 10.2. The van der Waals surface area contributed by atoms with Crippen molar-refractivity contribution in [1.29, 1.82) is 0 Å². The first-order chi connectivity index (χ1) is 19.2. The molecule has 0 atom stereocenters. The first-order valence-electron chi connectivity index (χ1n) is 12.4. The van der Waals surface area contributed by atoms with Crippen LogP contribution in [0.3, 0.4) is 0 Å². The molecule has 3 aromatic carbocycles. The summed E-state index contributed by atoms with van der Waals surface area (Å²) in [5.41, 5.74) is 0.931. The molecule has 1 fully saturated rings. The van der Waals surface area contributed by atoms with E-state index in [1.165, 1.54) is 10.5 Å². The summed E-state index contributed by atoms with van der Waals surface area (Å²) in [4.78, 5) is 15.4. The van der Waals surface area contributed by atoms with Crippen molar-refractivity contribution in [2.75, 3.05) is 31.1 Å². The third kappa shape index (κ3) is 6.33. The molecule has 0 radical (unpaired) electrons. The van der Waals surface area contributed by atoms with Gasteiger partial charge in [0.1, 0.15) is 23.9 Å².